The molecule has 4 fully saturated rings. The number of hydrogen-bond donors (Lipinski definition) is 3. The summed E-state index contributed by atoms with van der Waals surface area (Å²) in [5.41, 5.74) is 5.58. The molecule has 7 atom stereocenters. The molecule has 0 aromatic heterocycles. The van der Waals surface area contributed by atoms with E-state index in [0.29, 0.717) is 0 Å². The van der Waals surface area contributed by atoms with Crippen LogP contribution in [0.1, 0.15) is 96.3 Å². The number of nitrogens with one attached hydrogen (secondary N) is 2. The second-order valence-electron chi connectivity index (χ2n) is 11.3. The van der Waals surface area contributed by atoms with Crippen LogP contribution in [0.3, 0.4) is 0 Å². The monoisotopic (exact) mass is 439 g/mol. The van der Waals surface area contributed by atoms with E-state index >= 15 is 0 Å². The lowest BCUT2D eigenvalue weighted by Crippen LogP contribution is -2.33. The summed E-state index contributed by atoms with van der Waals surface area (Å²) < 4.78 is 0. The summed E-state index contributed by atoms with van der Waals surface area (Å²) in [7, 11) is 0. The molecular weight excluding hydrogens is 390 g/mol. The maximum Gasteiger partial charge on any atom is 0.00671 e. The molecule has 0 amide bonds. The van der Waals surface area contributed by atoms with Crippen molar-refractivity contribution in [3.8, 4) is 0 Å². The van der Waals surface area contributed by atoms with Gasteiger partial charge < -0.3 is 16.4 Å². The highest BCUT2D eigenvalue weighted by atomic mass is 35.5. The summed E-state index contributed by atoms with van der Waals surface area (Å²) in [5.74, 6) is 6.59. The van der Waals surface area contributed by atoms with Gasteiger partial charge in [-0.1, -0.05) is 25.7 Å². The summed E-state index contributed by atoms with van der Waals surface area (Å²) in [6, 6.07) is 0.775. The van der Waals surface area contributed by atoms with E-state index in [1.54, 1.807) is 51.4 Å². The van der Waals surface area contributed by atoms with Crippen molar-refractivity contribution in [2.24, 2.45) is 41.2 Å². The number of rotatable bonds is 15. The van der Waals surface area contributed by atoms with Crippen molar-refractivity contribution in [1.82, 2.24) is 10.6 Å². The van der Waals surface area contributed by atoms with Crippen LogP contribution in [0.4, 0.5) is 0 Å². The Bertz CT molecular complexity index is 473. The fourth-order valence-corrected chi connectivity index (χ4v) is 7.72. The quantitative estimate of drug-likeness (QED) is 0.294. The molecule has 4 rings (SSSR count). The molecule has 4 bridgehead atoms. The first-order valence-corrected chi connectivity index (χ1v) is 13.5. The molecule has 0 spiro atoms. The van der Waals surface area contributed by atoms with Crippen LogP contribution in [0, 0.1) is 35.5 Å². The third-order valence-electron chi connectivity index (χ3n) is 9.30. The van der Waals surface area contributed by atoms with Crippen molar-refractivity contribution in [3.63, 3.8) is 0 Å². The first-order valence-electron chi connectivity index (χ1n) is 13.5. The normalized spacial score (nSPS) is 35.1. The number of fused-ring (bicyclic) bond motifs is 4. The fourth-order valence-electron chi connectivity index (χ4n) is 7.72. The maximum absolute atomic E-state index is 5.58. The highest BCUT2D eigenvalue weighted by Crippen LogP contribution is 2.51. The molecule has 4 N–H and O–H groups in total. The van der Waals surface area contributed by atoms with Crippen LogP contribution >= 0.6 is 12.4 Å². The predicted molar refractivity (Wildman–Crippen MR) is 131 cm³/mol. The van der Waals surface area contributed by atoms with Crippen molar-refractivity contribution in [3.05, 3.63) is 0 Å². The number of hydrogen-bond acceptors (Lipinski definition) is 3. The summed E-state index contributed by atoms with van der Waals surface area (Å²) in [6.45, 7) is 4.20. The summed E-state index contributed by atoms with van der Waals surface area (Å²) in [4.78, 5) is 0. The molecule has 30 heavy (non-hydrogen) atoms. The molecule has 0 aliphatic heterocycles. The average Bonchev–Trinajstić information content (AvgIpc) is 3.52. The van der Waals surface area contributed by atoms with Crippen LogP contribution in [0.15, 0.2) is 0 Å². The van der Waals surface area contributed by atoms with Gasteiger partial charge in [0.15, 0.2) is 0 Å². The summed E-state index contributed by atoms with van der Waals surface area (Å²) in [6.07, 6.45) is 22.2. The Morgan fingerprint density at radius 1 is 0.700 bits per heavy atom. The molecule has 0 saturated heterocycles. The van der Waals surface area contributed by atoms with Gasteiger partial charge >= 0.3 is 0 Å². The van der Waals surface area contributed by atoms with E-state index in [4.69, 9.17) is 5.73 Å². The van der Waals surface area contributed by atoms with E-state index in [2.05, 4.69) is 10.6 Å². The molecule has 0 heterocycles. The van der Waals surface area contributed by atoms with Crippen molar-refractivity contribution < 1.29 is 0 Å². The van der Waals surface area contributed by atoms with Crippen LogP contribution in [0.25, 0.3) is 0 Å². The lowest BCUT2D eigenvalue weighted by molar-refractivity contribution is 0.275. The van der Waals surface area contributed by atoms with E-state index in [1.165, 1.54) is 45.1 Å². The lowest BCUT2D eigenvalue weighted by atomic mass is 9.83. The van der Waals surface area contributed by atoms with Crippen LogP contribution in [-0.2, 0) is 0 Å². The smallest absolute Gasteiger partial charge is 0.00671 e. The Morgan fingerprint density at radius 3 is 1.97 bits per heavy atom. The van der Waals surface area contributed by atoms with E-state index < -0.39 is 0 Å². The molecule has 4 aliphatic rings. The first kappa shape index (κ1) is 24.8. The van der Waals surface area contributed by atoms with E-state index in [0.717, 1.165) is 67.6 Å². The second-order valence-corrected chi connectivity index (χ2v) is 11.3. The average molecular weight is 440 g/mol. The molecule has 176 valence electrons. The minimum absolute atomic E-state index is 0. The van der Waals surface area contributed by atoms with Crippen molar-refractivity contribution in [2.45, 2.75) is 102 Å². The van der Waals surface area contributed by atoms with Gasteiger partial charge in [-0.3, -0.25) is 0 Å². The molecule has 4 heteroatoms. The molecule has 3 nitrogen and oxygen atoms in total. The molecule has 4 saturated carbocycles. The standard InChI is InChI=1S/C26H49N3.ClH/c27-12-2-13-28-14-3-15-29-26(11-10-25-19-21-7-9-24(25)18-21)5-1-4-22-16-20-6-8-23(22)17-20;/h20-26,28-29H,1-19,27H2;1H. The minimum Gasteiger partial charge on any atom is -0.330 e. The fraction of sp³-hybridized carbons (Fsp3) is 1.00. The zero-order chi connectivity index (χ0) is 19.9. The van der Waals surface area contributed by atoms with Gasteiger partial charge in [0.1, 0.15) is 0 Å². The van der Waals surface area contributed by atoms with Crippen LogP contribution in [0.5, 0.6) is 0 Å². The first-order chi connectivity index (χ1) is 14.3. The van der Waals surface area contributed by atoms with Gasteiger partial charge in [0.25, 0.3) is 0 Å². The van der Waals surface area contributed by atoms with Crippen LogP contribution in [0.2, 0.25) is 0 Å². The van der Waals surface area contributed by atoms with E-state index in [9.17, 15) is 0 Å². The molecule has 0 aromatic carbocycles. The van der Waals surface area contributed by atoms with E-state index in [-0.39, 0.29) is 12.4 Å². The summed E-state index contributed by atoms with van der Waals surface area (Å²) >= 11 is 0. The lowest BCUT2D eigenvalue weighted by Gasteiger charge is -2.26. The Morgan fingerprint density at radius 2 is 1.37 bits per heavy atom. The maximum atomic E-state index is 5.58. The van der Waals surface area contributed by atoms with Gasteiger partial charge in [-0.15, -0.1) is 12.4 Å². The molecule has 7 unspecified atom stereocenters. The topological polar surface area (TPSA) is 50.1 Å². The largest absolute Gasteiger partial charge is 0.330 e. The highest BCUT2D eigenvalue weighted by molar-refractivity contribution is 5.85. The minimum atomic E-state index is 0. The third kappa shape index (κ3) is 7.09. The van der Waals surface area contributed by atoms with Crippen molar-refractivity contribution in [1.29, 1.82) is 0 Å². The Kier molecular flexibility index (Phi) is 10.8. The van der Waals surface area contributed by atoms with Gasteiger partial charge in [0, 0.05) is 6.04 Å². The Labute approximate surface area is 192 Å². The Hall–Kier alpha value is 0.170. The second kappa shape index (κ2) is 13.0. The van der Waals surface area contributed by atoms with Crippen molar-refractivity contribution in [2.75, 3.05) is 26.2 Å². The van der Waals surface area contributed by atoms with Crippen LogP contribution in [-0.4, -0.2) is 32.2 Å². The third-order valence-corrected chi connectivity index (χ3v) is 9.30. The number of nitrogens with two attached hydrogens (primary N) is 1. The van der Waals surface area contributed by atoms with Gasteiger partial charge in [-0.2, -0.15) is 0 Å². The molecular formula is C26H50ClN3. The predicted octanol–water partition coefficient (Wildman–Crippen LogP) is 5.52. The SMILES string of the molecule is Cl.NCCCNCCCNC(CCCC1CC2CCC1C2)CCC1CC2CCC1C2. The zero-order valence-electron chi connectivity index (χ0n) is 19.5. The number of halogens is 1. The van der Waals surface area contributed by atoms with Gasteiger partial charge in [-0.25, -0.2) is 0 Å². The highest BCUT2D eigenvalue weighted by Gasteiger charge is 2.40. The zero-order valence-corrected chi connectivity index (χ0v) is 20.3. The van der Waals surface area contributed by atoms with Gasteiger partial charge in [-0.05, 0) is 132 Å². The molecule has 0 aromatic rings. The molecule has 0 radical (unpaired) electrons. The molecule has 4 aliphatic carbocycles. The van der Waals surface area contributed by atoms with E-state index in [1.807, 2.05) is 0 Å². The Balaban J connectivity index is 0.00000256. The van der Waals surface area contributed by atoms with Crippen LogP contribution < -0.4 is 16.4 Å². The summed E-state index contributed by atoms with van der Waals surface area (Å²) in [5, 5.41) is 7.50. The van der Waals surface area contributed by atoms with Gasteiger partial charge in [0.2, 0.25) is 0 Å². The van der Waals surface area contributed by atoms with Crippen molar-refractivity contribution >= 4 is 12.4 Å². The van der Waals surface area contributed by atoms with Gasteiger partial charge in [0.05, 0.1) is 0 Å².